The Morgan fingerprint density at radius 3 is 0.435 bits per heavy atom. The van der Waals surface area contributed by atoms with Crippen LogP contribution in [0.5, 0.6) is 0 Å². The molecule has 0 aromatic rings. The molecule has 0 aliphatic heterocycles. The first-order valence-corrected chi connectivity index (χ1v) is 75.4. The second-order valence-corrected chi connectivity index (χ2v) is 90.2. The molecule has 69 heavy (non-hydrogen) atoms. The molecule has 0 fully saturated rings. The third kappa shape index (κ3) is 34.7. The fraction of sp³-hybridized carbons (Fsp3) is 1.00. The fourth-order valence-corrected chi connectivity index (χ4v) is 91.5. The van der Waals surface area contributed by atoms with E-state index in [-0.39, 0.29) is 0 Å². The molecule has 0 saturated heterocycles. The molecule has 0 aliphatic rings. The summed E-state index contributed by atoms with van der Waals surface area (Å²) in [6.45, 7) is 73.3. The Labute approximate surface area is 449 Å². The molecule has 12 nitrogen and oxygen atoms in total. The SMILES string of the molecule is C[SiH](C)O[Si](C)(O[SiH](C)C)O[Si](C)(C)CC[Si](C)(C)O[Si](C)(C)O[Si](C)(C)CC[Si](C)(C)O[Si](C)(C)O[Si](C)(C)CC[Si](C)(C)O[Si](C)(C)O[Si](C)(C)CC[Si](C)(C)O[Si](C)(O[SiH](C)C)O[SiH](C)C. The van der Waals surface area contributed by atoms with Gasteiger partial charge in [-0.25, -0.2) is 0 Å². The molecule has 0 rings (SSSR count). The van der Waals surface area contributed by atoms with Gasteiger partial charge in [0.2, 0.25) is 0 Å². The zero-order valence-corrected chi connectivity index (χ0v) is 69.0. The van der Waals surface area contributed by atoms with Crippen LogP contribution < -0.4 is 0 Å². The Bertz CT molecular complexity index is 1400. The van der Waals surface area contributed by atoms with Crippen molar-refractivity contribution >= 4 is 146 Å². The quantitative estimate of drug-likeness (QED) is 0.0557. The highest BCUT2D eigenvalue weighted by molar-refractivity contribution is 6.93. The average molecular weight is 1270 g/mol. The van der Waals surface area contributed by atoms with Crippen molar-refractivity contribution in [3.8, 4) is 0 Å². The van der Waals surface area contributed by atoms with E-state index >= 15 is 0 Å². The Kier molecular flexibility index (Phi) is 28.7. The lowest BCUT2D eigenvalue weighted by Gasteiger charge is -2.42. The van der Waals surface area contributed by atoms with E-state index in [1.54, 1.807) is 0 Å². The average Bonchev–Trinajstić information content (AvgIpc) is 2.99. The third-order valence-electron chi connectivity index (χ3n) is 11.2. The molecule has 0 aromatic heterocycles. The van der Waals surface area contributed by atoms with Crippen LogP contribution in [0.4, 0.5) is 0 Å². The first kappa shape index (κ1) is 72.2. The van der Waals surface area contributed by atoms with E-state index in [2.05, 4.69) is 210 Å². The first-order chi connectivity index (χ1) is 30.2. The summed E-state index contributed by atoms with van der Waals surface area (Å²) < 4.78 is 82.5. The Hall–Kier alpha value is 3.21. The lowest BCUT2D eigenvalue weighted by Crippen LogP contribution is -2.56. The smallest absolute Gasteiger partial charge is 0.437 e. The summed E-state index contributed by atoms with van der Waals surface area (Å²) in [6, 6.07) is 8.42. The molecule has 0 N–H and O–H groups in total. The molecule has 416 valence electrons. The number of hydrogen-bond acceptors (Lipinski definition) is 12. The Balaban J connectivity index is 5.46. The molecule has 0 atom stereocenters. The zero-order chi connectivity index (χ0) is 55.0. The Morgan fingerprint density at radius 2 is 0.319 bits per heavy atom. The predicted octanol–water partition coefficient (Wildman–Crippen LogP) is 14.0. The van der Waals surface area contributed by atoms with Gasteiger partial charge in [-0.05, 0) is 245 Å². The van der Waals surface area contributed by atoms with Crippen molar-refractivity contribution in [2.24, 2.45) is 0 Å². The van der Waals surface area contributed by atoms with Gasteiger partial charge in [0, 0.05) is 13.1 Å². The predicted molar refractivity (Wildman–Crippen MR) is 343 cm³/mol. The van der Waals surface area contributed by atoms with Crippen molar-refractivity contribution < 1.29 is 49.4 Å². The minimum Gasteiger partial charge on any atom is -0.437 e. The zero-order valence-electron chi connectivity index (χ0n) is 51.4. The van der Waals surface area contributed by atoms with E-state index in [1.807, 2.05) is 0 Å². The lowest BCUT2D eigenvalue weighted by molar-refractivity contribution is 0.270. The van der Waals surface area contributed by atoms with Crippen LogP contribution >= 0.6 is 0 Å². The van der Waals surface area contributed by atoms with Crippen LogP contribution in [0.3, 0.4) is 0 Å². The normalized spacial score (nSPS) is 15.5. The standard InChI is InChI=1S/C40H116O12Si17/c1-53(2)41-68(31,42-54(3)4)51-63(21,22)39-37-61(17,18)49-66(27,28)47-59(13,14)35-33-57(9,10)45-65(25,26)46-58(11,12)34-36-60(15,16)48-67(29,30)50-62(19,20)38-40-64(23,24)52-69(32,43-55(5)6)44-56(7)8/h53-56H,33-40H2,1-32H3. The van der Waals surface area contributed by atoms with Crippen molar-refractivity contribution in [1.29, 1.82) is 0 Å². The van der Waals surface area contributed by atoms with Gasteiger partial charge in [-0.1, -0.05) is 0 Å². The summed E-state index contributed by atoms with van der Waals surface area (Å²) in [4.78, 5) is 0. The molecule has 0 spiro atoms. The Morgan fingerprint density at radius 1 is 0.203 bits per heavy atom. The first-order valence-electron chi connectivity index (χ1n) is 26.5. The van der Waals surface area contributed by atoms with Crippen LogP contribution in [0.2, 0.25) is 258 Å². The summed E-state index contributed by atoms with van der Waals surface area (Å²) in [5.74, 6) is 0. The molecule has 0 radical (unpaired) electrons. The molecule has 0 aromatic carbocycles. The number of rotatable bonds is 36. The second kappa shape index (κ2) is 27.4. The van der Waals surface area contributed by atoms with Gasteiger partial charge >= 0.3 is 43.3 Å². The van der Waals surface area contributed by atoms with Crippen molar-refractivity contribution in [3.05, 3.63) is 0 Å². The maximum absolute atomic E-state index is 7.16. The molecular weight excluding hydrogens is 1150 g/mol. The summed E-state index contributed by atoms with van der Waals surface area (Å²) in [7, 11) is -34.1. The minimum atomic E-state index is -2.65. The van der Waals surface area contributed by atoms with Crippen molar-refractivity contribution in [2.75, 3.05) is 0 Å². The highest BCUT2D eigenvalue weighted by atomic mass is 28.5. The van der Waals surface area contributed by atoms with Gasteiger partial charge in [0.15, 0.2) is 103 Å². The van der Waals surface area contributed by atoms with Gasteiger partial charge in [-0.2, -0.15) is 0 Å². The van der Waals surface area contributed by atoms with E-state index in [0.29, 0.717) is 0 Å². The summed E-state index contributed by atoms with van der Waals surface area (Å²) in [6.07, 6.45) is 0. The van der Waals surface area contributed by atoms with E-state index in [9.17, 15) is 0 Å². The molecule has 0 saturated carbocycles. The summed E-state index contributed by atoms with van der Waals surface area (Å²) >= 11 is 0. The van der Waals surface area contributed by atoms with Crippen molar-refractivity contribution in [2.45, 2.75) is 258 Å². The fourth-order valence-electron chi connectivity index (χ4n) is 9.74. The maximum atomic E-state index is 7.16. The summed E-state index contributed by atoms with van der Waals surface area (Å²) in [5, 5.41) is 0. The highest BCUT2D eigenvalue weighted by Crippen LogP contribution is 2.35. The highest BCUT2D eigenvalue weighted by Gasteiger charge is 2.48. The van der Waals surface area contributed by atoms with Crippen molar-refractivity contribution in [3.63, 3.8) is 0 Å². The monoisotopic (exact) mass is 1260 g/mol. The largest absolute Gasteiger partial charge is 0.465 e. The molecule has 29 heteroatoms. The van der Waals surface area contributed by atoms with E-state index in [4.69, 9.17) is 49.4 Å². The molecule has 0 amide bonds. The number of hydrogen-bond donors (Lipinski definition) is 0. The lowest BCUT2D eigenvalue weighted by atomic mass is 10.9. The van der Waals surface area contributed by atoms with E-state index in [1.165, 1.54) is 0 Å². The van der Waals surface area contributed by atoms with Gasteiger partial charge < -0.3 is 49.4 Å². The van der Waals surface area contributed by atoms with Gasteiger partial charge in [0.25, 0.3) is 0 Å². The van der Waals surface area contributed by atoms with Gasteiger partial charge in [-0.15, -0.1) is 0 Å². The maximum Gasteiger partial charge on any atom is 0.465 e. The van der Waals surface area contributed by atoms with E-state index < -0.39 is 146 Å². The van der Waals surface area contributed by atoms with Crippen LogP contribution in [0.15, 0.2) is 0 Å². The molecular formula is C40H116O12Si17. The van der Waals surface area contributed by atoms with Gasteiger partial charge in [0.05, 0.1) is 0 Å². The molecule has 0 bridgehead atoms. The van der Waals surface area contributed by atoms with Crippen LogP contribution in [-0.2, 0) is 49.4 Å². The van der Waals surface area contributed by atoms with Crippen molar-refractivity contribution in [1.82, 2.24) is 0 Å². The van der Waals surface area contributed by atoms with Crippen LogP contribution in [-0.4, -0.2) is 146 Å². The third-order valence-corrected chi connectivity index (χ3v) is 71.6. The minimum absolute atomic E-state index is 1.04. The molecule has 0 aliphatic carbocycles. The van der Waals surface area contributed by atoms with Crippen LogP contribution in [0.25, 0.3) is 0 Å². The second-order valence-electron chi connectivity index (χ2n) is 27.5. The topological polar surface area (TPSA) is 111 Å². The van der Waals surface area contributed by atoms with Gasteiger partial charge in [-0.3, -0.25) is 0 Å². The molecule has 0 heterocycles. The van der Waals surface area contributed by atoms with Gasteiger partial charge in [0.1, 0.15) is 0 Å². The summed E-state index contributed by atoms with van der Waals surface area (Å²) in [5.41, 5.74) is 0. The molecule has 0 unspecified atom stereocenters. The van der Waals surface area contributed by atoms with E-state index in [0.717, 1.165) is 48.4 Å². The van der Waals surface area contributed by atoms with Crippen LogP contribution in [0, 0.1) is 0 Å². The van der Waals surface area contributed by atoms with Crippen LogP contribution in [0.1, 0.15) is 0 Å².